The van der Waals surface area contributed by atoms with Crippen LogP contribution in [0, 0.1) is 5.92 Å². The molecular weight excluding hydrogens is 630 g/mol. The Morgan fingerprint density at radius 3 is 2.60 bits per heavy atom. The zero-order chi connectivity index (χ0) is 31.5. The third-order valence-electron chi connectivity index (χ3n) is 6.69. The summed E-state index contributed by atoms with van der Waals surface area (Å²) in [4.78, 5) is 31.4. The minimum atomic E-state index is -5.08. The van der Waals surface area contributed by atoms with Crippen LogP contribution < -0.4 is 4.72 Å². The van der Waals surface area contributed by atoms with Gasteiger partial charge in [0.1, 0.15) is 9.22 Å². The number of rotatable bonds is 8. The first-order valence-corrected chi connectivity index (χ1v) is 16.3. The van der Waals surface area contributed by atoms with Crippen LogP contribution in [0.25, 0.3) is 21.6 Å². The Bertz CT molecular complexity index is 1710. The van der Waals surface area contributed by atoms with Crippen molar-refractivity contribution in [1.82, 2.24) is 14.9 Å². The molecule has 1 fully saturated rings. The van der Waals surface area contributed by atoms with Gasteiger partial charge in [-0.2, -0.15) is 13.2 Å². The number of benzene rings is 1. The number of alkyl halides is 3. The summed E-state index contributed by atoms with van der Waals surface area (Å²) in [6.45, 7) is 6.08. The summed E-state index contributed by atoms with van der Waals surface area (Å²) in [5, 5.41) is 20.0. The molecule has 43 heavy (non-hydrogen) atoms. The highest BCUT2D eigenvalue weighted by atomic mass is 32.2. The molecule has 1 aliphatic rings. The Balaban J connectivity index is 0.000000541. The number of thiazole rings is 1. The zero-order valence-electron chi connectivity index (χ0n) is 23.0. The molecule has 3 aromatic heterocycles. The van der Waals surface area contributed by atoms with E-state index in [9.17, 15) is 31.5 Å². The fourth-order valence-electron chi connectivity index (χ4n) is 4.63. The van der Waals surface area contributed by atoms with Crippen molar-refractivity contribution >= 4 is 61.2 Å². The van der Waals surface area contributed by atoms with Gasteiger partial charge in [0.15, 0.2) is 0 Å². The molecule has 4 heterocycles. The van der Waals surface area contributed by atoms with E-state index in [-0.39, 0.29) is 11.8 Å². The van der Waals surface area contributed by atoms with E-state index in [4.69, 9.17) is 9.90 Å². The van der Waals surface area contributed by atoms with Gasteiger partial charge in [0.05, 0.1) is 22.8 Å². The summed E-state index contributed by atoms with van der Waals surface area (Å²) in [6.07, 6.45) is -1.64. The fourth-order valence-corrected chi connectivity index (χ4v) is 8.29. The molecule has 0 aliphatic carbocycles. The van der Waals surface area contributed by atoms with E-state index in [0.29, 0.717) is 28.5 Å². The number of carboxylic acids is 2. The molecule has 0 saturated carbocycles. The number of thiophene rings is 1. The first-order valence-electron chi connectivity index (χ1n) is 13.1. The molecule has 1 aliphatic heterocycles. The van der Waals surface area contributed by atoms with Crippen LogP contribution in [0.1, 0.15) is 43.0 Å². The van der Waals surface area contributed by atoms with Crippen LogP contribution >= 0.6 is 22.7 Å². The number of H-pyrrole nitrogens is 1. The number of nitrogens with zero attached hydrogens (tertiary/aromatic N) is 2. The highest BCUT2D eigenvalue weighted by Crippen LogP contribution is 2.35. The number of sulfonamides is 1. The normalized spacial score (nSPS) is 16.2. The molecule has 1 aromatic carbocycles. The molecule has 1 unspecified atom stereocenters. The van der Waals surface area contributed by atoms with Crippen molar-refractivity contribution in [1.29, 1.82) is 0 Å². The molecule has 16 heteroatoms. The molecular formula is C27H29F3N4O6S3. The maximum atomic E-state index is 13.2. The Labute approximate surface area is 253 Å². The number of anilines is 1. The molecule has 1 atom stereocenters. The smallest absolute Gasteiger partial charge is 0.481 e. The standard InChI is InChI=1S/C25H28N4O4S3.C2HF3O2/c1-15(2)19-8-10-34-25(19)36(32,33)28-20-7-3-5-16-11-21(27-22(16)20)23-26-12-18(35-23)14-29-9-4-6-17(13-29)24(30)31;3-2(4,5)1(6)7/h3,5,7-8,10-12,15,17,27-28H,4,6,9,13-14H2,1-2H3,(H,30,31);(H,6,7). The van der Waals surface area contributed by atoms with Crippen LogP contribution in [0.15, 0.2) is 46.1 Å². The number of piperidine rings is 1. The first-order chi connectivity index (χ1) is 20.2. The molecule has 232 valence electrons. The highest BCUT2D eigenvalue weighted by molar-refractivity contribution is 7.94. The van der Waals surface area contributed by atoms with E-state index in [2.05, 4.69) is 19.6 Å². The number of aromatic nitrogens is 2. The van der Waals surface area contributed by atoms with Gasteiger partial charge >= 0.3 is 18.1 Å². The summed E-state index contributed by atoms with van der Waals surface area (Å²) in [6, 6.07) is 9.36. The van der Waals surface area contributed by atoms with E-state index >= 15 is 0 Å². The fraction of sp³-hybridized carbons (Fsp3) is 0.370. The zero-order valence-corrected chi connectivity index (χ0v) is 25.5. The van der Waals surface area contributed by atoms with E-state index in [1.165, 1.54) is 11.3 Å². The number of halogens is 3. The van der Waals surface area contributed by atoms with Gasteiger partial charge in [-0.05, 0) is 54.4 Å². The van der Waals surface area contributed by atoms with Crippen LogP contribution in [0.3, 0.4) is 0 Å². The lowest BCUT2D eigenvalue weighted by molar-refractivity contribution is -0.192. The average molecular weight is 659 g/mol. The van der Waals surface area contributed by atoms with Crippen molar-refractivity contribution in [2.24, 2.45) is 5.92 Å². The lowest BCUT2D eigenvalue weighted by Gasteiger charge is -2.29. The quantitative estimate of drug-likeness (QED) is 0.174. The van der Waals surface area contributed by atoms with Gasteiger partial charge in [-0.25, -0.2) is 18.2 Å². The number of aromatic amines is 1. The molecule has 4 N–H and O–H groups in total. The van der Waals surface area contributed by atoms with E-state index in [1.807, 2.05) is 49.7 Å². The Morgan fingerprint density at radius 2 is 1.95 bits per heavy atom. The van der Waals surface area contributed by atoms with Gasteiger partial charge < -0.3 is 15.2 Å². The van der Waals surface area contributed by atoms with Crippen LogP contribution in [0.4, 0.5) is 18.9 Å². The Hall–Kier alpha value is -3.47. The summed E-state index contributed by atoms with van der Waals surface area (Å²) in [5.41, 5.74) is 2.82. The van der Waals surface area contributed by atoms with Crippen molar-refractivity contribution in [2.75, 3.05) is 17.8 Å². The number of likely N-dealkylation sites (tertiary alicyclic amines) is 1. The third-order valence-corrected chi connectivity index (χ3v) is 10.6. The second-order valence-electron chi connectivity index (χ2n) is 10.2. The lowest BCUT2D eigenvalue weighted by atomic mass is 9.98. The van der Waals surface area contributed by atoms with Crippen LogP contribution in [-0.4, -0.2) is 64.7 Å². The van der Waals surface area contributed by atoms with Crippen molar-refractivity contribution < 1.29 is 41.4 Å². The number of aliphatic carboxylic acids is 2. The number of para-hydroxylation sites is 1. The molecule has 0 radical (unpaired) electrons. The second-order valence-corrected chi connectivity index (χ2v) is 14.1. The second kappa shape index (κ2) is 13.0. The summed E-state index contributed by atoms with van der Waals surface area (Å²) < 4.78 is 61.3. The molecule has 1 saturated heterocycles. The highest BCUT2D eigenvalue weighted by Gasteiger charge is 2.38. The minimum absolute atomic E-state index is 0.106. The van der Waals surface area contributed by atoms with E-state index in [0.717, 1.165) is 45.9 Å². The predicted octanol–water partition coefficient (Wildman–Crippen LogP) is 6.21. The van der Waals surface area contributed by atoms with Gasteiger partial charge in [0.2, 0.25) is 0 Å². The molecule has 0 spiro atoms. The van der Waals surface area contributed by atoms with E-state index in [1.54, 1.807) is 17.4 Å². The molecule has 0 amide bonds. The number of fused-ring (bicyclic) bond motifs is 1. The summed E-state index contributed by atoms with van der Waals surface area (Å²) in [5.74, 6) is -3.69. The molecule has 0 bridgehead atoms. The predicted molar refractivity (Wildman–Crippen MR) is 158 cm³/mol. The van der Waals surface area contributed by atoms with Gasteiger partial charge in [-0.3, -0.25) is 14.4 Å². The first kappa shape index (κ1) is 32.4. The monoisotopic (exact) mass is 658 g/mol. The maximum Gasteiger partial charge on any atom is 0.490 e. The largest absolute Gasteiger partial charge is 0.490 e. The Morgan fingerprint density at radius 1 is 1.23 bits per heavy atom. The van der Waals surface area contributed by atoms with Gasteiger partial charge in [-0.1, -0.05) is 26.0 Å². The number of hydrogen-bond donors (Lipinski definition) is 4. The average Bonchev–Trinajstić information content (AvgIpc) is 3.68. The van der Waals surface area contributed by atoms with Crippen molar-refractivity contribution in [3.63, 3.8) is 0 Å². The molecule has 5 rings (SSSR count). The maximum absolute atomic E-state index is 13.2. The van der Waals surface area contributed by atoms with E-state index < -0.39 is 28.1 Å². The number of carbonyl (C=O) groups is 2. The third kappa shape index (κ3) is 7.93. The van der Waals surface area contributed by atoms with Crippen molar-refractivity contribution in [3.05, 3.63) is 52.3 Å². The SMILES string of the molecule is CC(C)c1ccsc1S(=O)(=O)Nc1cccc2cc(-c3ncc(CN4CCCC(C(=O)O)C4)s3)[nH]c12.O=C(O)C(F)(F)F. The topological polar surface area (TPSA) is 153 Å². The Kier molecular flexibility index (Phi) is 9.83. The molecule has 4 aromatic rings. The number of nitrogens with one attached hydrogen (secondary N) is 2. The summed E-state index contributed by atoms with van der Waals surface area (Å²) in [7, 11) is -3.73. The van der Waals surface area contributed by atoms with Crippen LogP contribution in [0.5, 0.6) is 0 Å². The molecule has 10 nitrogen and oxygen atoms in total. The summed E-state index contributed by atoms with van der Waals surface area (Å²) >= 11 is 2.78. The minimum Gasteiger partial charge on any atom is -0.481 e. The van der Waals surface area contributed by atoms with Gasteiger partial charge in [0, 0.05) is 29.5 Å². The van der Waals surface area contributed by atoms with Crippen LogP contribution in [-0.2, 0) is 26.2 Å². The van der Waals surface area contributed by atoms with Crippen molar-refractivity contribution in [3.8, 4) is 10.7 Å². The van der Waals surface area contributed by atoms with Crippen molar-refractivity contribution in [2.45, 2.75) is 49.5 Å². The number of carboxylic acid groups (broad SMARTS) is 2. The lowest BCUT2D eigenvalue weighted by Crippen LogP contribution is -2.37. The van der Waals surface area contributed by atoms with Crippen LogP contribution in [0.2, 0.25) is 0 Å². The van der Waals surface area contributed by atoms with Gasteiger partial charge in [-0.15, -0.1) is 22.7 Å². The van der Waals surface area contributed by atoms with Gasteiger partial charge in [0.25, 0.3) is 10.0 Å². The number of hydrogen-bond acceptors (Lipinski definition) is 8.